The van der Waals surface area contributed by atoms with Crippen molar-refractivity contribution >= 4 is 23.5 Å². The standard InChI is InChI=1S/C14H24O2S2/c1-10-13(18-8-7-17-10)12(15)11-3-6-16-14(9-11)4-2-5-14/h10-13,15H,2-9H2,1H3. The van der Waals surface area contributed by atoms with Crippen LogP contribution in [0.25, 0.3) is 0 Å². The molecule has 4 heteroatoms. The Morgan fingerprint density at radius 1 is 1.28 bits per heavy atom. The smallest absolute Gasteiger partial charge is 0.0699 e. The predicted molar refractivity (Wildman–Crippen MR) is 79.4 cm³/mol. The van der Waals surface area contributed by atoms with Gasteiger partial charge in [-0.3, -0.25) is 0 Å². The molecule has 3 fully saturated rings. The molecule has 0 amide bonds. The first-order valence-corrected chi connectivity index (χ1v) is 9.35. The molecule has 0 aromatic rings. The van der Waals surface area contributed by atoms with Crippen LogP contribution in [0.4, 0.5) is 0 Å². The number of hydrogen-bond donors (Lipinski definition) is 1. The monoisotopic (exact) mass is 288 g/mol. The van der Waals surface area contributed by atoms with E-state index in [1.807, 2.05) is 23.5 Å². The maximum Gasteiger partial charge on any atom is 0.0699 e. The molecule has 104 valence electrons. The summed E-state index contributed by atoms with van der Waals surface area (Å²) in [5, 5.41) is 11.8. The van der Waals surface area contributed by atoms with E-state index in [1.165, 1.54) is 30.8 Å². The summed E-state index contributed by atoms with van der Waals surface area (Å²) in [7, 11) is 0. The van der Waals surface area contributed by atoms with E-state index in [0.717, 1.165) is 19.4 Å². The van der Waals surface area contributed by atoms with Gasteiger partial charge in [-0.25, -0.2) is 0 Å². The van der Waals surface area contributed by atoms with Crippen molar-refractivity contribution in [1.82, 2.24) is 0 Å². The Morgan fingerprint density at radius 2 is 2.06 bits per heavy atom. The Kier molecular flexibility index (Phi) is 4.19. The summed E-state index contributed by atoms with van der Waals surface area (Å²) < 4.78 is 5.97. The highest BCUT2D eigenvalue weighted by molar-refractivity contribution is 8.07. The molecule has 0 radical (unpaired) electrons. The molecule has 3 rings (SSSR count). The number of rotatable bonds is 2. The van der Waals surface area contributed by atoms with Gasteiger partial charge < -0.3 is 9.84 Å². The zero-order valence-electron chi connectivity index (χ0n) is 11.1. The van der Waals surface area contributed by atoms with Gasteiger partial charge in [-0.05, 0) is 38.0 Å². The molecule has 1 spiro atoms. The van der Waals surface area contributed by atoms with Crippen molar-refractivity contribution in [2.45, 2.75) is 61.2 Å². The molecule has 0 bridgehead atoms. The topological polar surface area (TPSA) is 29.5 Å². The lowest BCUT2D eigenvalue weighted by molar-refractivity contribution is -0.156. The van der Waals surface area contributed by atoms with Crippen molar-refractivity contribution in [3.8, 4) is 0 Å². The number of ether oxygens (including phenoxy) is 1. The van der Waals surface area contributed by atoms with Gasteiger partial charge in [0.1, 0.15) is 0 Å². The minimum atomic E-state index is -0.126. The van der Waals surface area contributed by atoms with Gasteiger partial charge in [0.15, 0.2) is 0 Å². The first kappa shape index (κ1) is 13.6. The average molecular weight is 288 g/mol. The van der Waals surface area contributed by atoms with Crippen LogP contribution in [0.15, 0.2) is 0 Å². The van der Waals surface area contributed by atoms with E-state index in [0.29, 0.717) is 16.4 Å². The number of aliphatic hydroxyl groups is 1. The highest BCUT2D eigenvalue weighted by Crippen LogP contribution is 2.47. The van der Waals surface area contributed by atoms with Crippen LogP contribution in [0.2, 0.25) is 0 Å². The minimum Gasteiger partial charge on any atom is -0.392 e. The normalized spacial score (nSPS) is 41.3. The van der Waals surface area contributed by atoms with Crippen molar-refractivity contribution in [2.24, 2.45) is 5.92 Å². The Hall–Kier alpha value is 0.620. The molecule has 3 aliphatic rings. The second kappa shape index (κ2) is 5.55. The Morgan fingerprint density at radius 3 is 2.72 bits per heavy atom. The summed E-state index contributed by atoms with van der Waals surface area (Å²) in [6.45, 7) is 3.14. The first-order chi connectivity index (χ1) is 8.70. The molecule has 0 aromatic carbocycles. The van der Waals surface area contributed by atoms with Crippen LogP contribution in [0, 0.1) is 5.92 Å². The summed E-state index contributed by atoms with van der Waals surface area (Å²) in [4.78, 5) is 0. The highest BCUT2D eigenvalue weighted by atomic mass is 32.2. The van der Waals surface area contributed by atoms with E-state index >= 15 is 0 Å². The van der Waals surface area contributed by atoms with Crippen LogP contribution in [0.5, 0.6) is 0 Å². The van der Waals surface area contributed by atoms with Gasteiger partial charge in [-0.15, -0.1) is 0 Å². The fraction of sp³-hybridized carbons (Fsp3) is 1.00. The van der Waals surface area contributed by atoms with E-state index in [4.69, 9.17) is 4.74 Å². The summed E-state index contributed by atoms with van der Waals surface area (Å²) in [5.41, 5.74) is 0.166. The molecule has 2 heterocycles. The maximum absolute atomic E-state index is 10.7. The fourth-order valence-electron chi connectivity index (χ4n) is 3.57. The van der Waals surface area contributed by atoms with E-state index in [9.17, 15) is 5.11 Å². The Bertz CT molecular complexity index is 294. The quantitative estimate of drug-likeness (QED) is 0.846. The van der Waals surface area contributed by atoms with Crippen molar-refractivity contribution < 1.29 is 9.84 Å². The Balaban J connectivity index is 1.62. The third kappa shape index (κ3) is 2.58. The van der Waals surface area contributed by atoms with Gasteiger partial charge >= 0.3 is 0 Å². The molecule has 18 heavy (non-hydrogen) atoms. The van der Waals surface area contributed by atoms with Gasteiger partial charge in [0.2, 0.25) is 0 Å². The van der Waals surface area contributed by atoms with E-state index < -0.39 is 0 Å². The van der Waals surface area contributed by atoms with Crippen LogP contribution in [-0.4, -0.2) is 45.4 Å². The van der Waals surface area contributed by atoms with Crippen LogP contribution >= 0.6 is 23.5 Å². The van der Waals surface area contributed by atoms with Gasteiger partial charge in [0.25, 0.3) is 0 Å². The average Bonchev–Trinajstić information content (AvgIpc) is 2.37. The largest absolute Gasteiger partial charge is 0.392 e. The van der Waals surface area contributed by atoms with E-state index in [-0.39, 0.29) is 11.7 Å². The minimum absolute atomic E-state index is 0.126. The summed E-state index contributed by atoms with van der Waals surface area (Å²) in [6, 6.07) is 0. The molecule has 2 nitrogen and oxygen atoms in total. The van der Waals surface area contributed by atoms with Gasteiger partial charge in [-0.1, -0.05) is 6.92 Å². The zero-order valence-corrected chi connectivity index (χ0v) is 12.8. The SMILES string of the molecule is CC1SCCSC1C(O)C1CCOC2(CCC2)C1. The van der Waals surface area contributed by atoms with Crippen LogP contribution in [0.3, 0.4) is 0 Å². The van der Waals surface area contributed by atoms with Gasteiger partial charge in [0.05, 0.1) is 11.7 Å². The van der Waals surface area contributed by atoms with E-state index in [1.54, 1.807) is 0 Å². The van der Waals surface area contributed by atoms with Crippen molar-refractivity contribution in [3.05, 3.63) is 0 Å². The number of hydrogen-bond acceptors (Lipinski definition) is 4. The van der Waals surface area contributed by atoms with Crippen LogP contribution < -0.4 is 0 Å². The molecular formula is C14H24O2S2. The molecule has 2 saturated heterocycles. The number of aliphatic hydroxyl groups excluding tert-OH is 1. The molecule has 1 saturated carbocycles. The molecule has 4 atom stereocenters. The summed E-state index contributed by atoms with van der Waals surface area (Å²) in [6.07, 6.45) is 5.78. The molecule has 0 aromatic heterocycles. The third-order valence-electron chi connectivity index (χ3n) is 4.85. The molecule has 1 N–H and O–H groups in total. The summed E-state index contributed by atoms with van der Waals surface area (Å²) in [5.74, 6) is 2.91. The van der Waals surface area contributed by atoms with E-state index in [2.05, 4.69) is 6.92 Å². The van der Waals surface area contributed by atoms with Gasteiger partial charge in [-0.2, -0.15) is 23.5 Å². The second-order valence-corrected chi connectivity index (χ2v) is 8.81. The third-order valence-corrected chi connectivity index (χ3v) is 8.05. The highest BCUT2D eigenvalue weighted by Gasteiger charge is 2.46. The Labute approximate surface area is 119 Å². The van der Waals surface area contributed by atoms with Crippen LogP contribution in [0.1, 0.15) is 39.0 Å². The summed E-state index contributed by atoms with van der Waals surface area (Å²) >= 11 is 4.01. The molecule has 1 aliphatic carbocycles. The fourth-order valence-corrected chi connectivity index (χ4v) is 6.50. The zero-order chi connectivity index (χ0) is 12.6. The molecule has 4 unspecified atom stereocenters. The van der Waals surface area contributed by atoms with Crippen LogP contribution in [-0.2, 0) is 4.74 Å². The predicted octanol–water partition coefficient (Wildman–Crippen LogP) is 2.93. The maximum atomic E-state index is 10.7. The van der Waals surface area contributed by atoms with Crippen molar-refractivity contribution in [1.29, 1.82) is 0 Å². The van der Waals surface area contributed by atoms with Gasteiger partial charge in [0, 0.05) is 28.6 Å². The lowest BCUT2D eigenvalue weighted by Gasteiger charge is -2.49. The second-order valence-electron chi connectivity index (χ2n) is 6.04. The van der Waals surface area contributed by atoms with Crippen molar-refractivity contribution in [2.75, 3.05) is 18.1 Å². The number of thioether (sulfide) groups is 2. The first-order valence-electron chi connectivity index (χ1n) is 7.25. The van der Waals surface area contributed by atoms with Crippen molar-refractivity contribution in [3.63, 3.8) is 0 Å². The lowest BCUT2D eigenvalue weighted by Crippen LogP contribution is -2.50. The molecule has 2 aliphatic heterocycles. The molecular weight excluding hydrogens is 264 g/mol. The lowest BCUT2D eigenvalue weighted by atomic mass is 9.70.